The summed E-state index contributed by atoms with van der Waals surface area (Å²) in [5.41, 5.74) is 0.786. The van der Waals surface area contributed by atoms with E-state index in [1.165, 1.54) is 6.07 Å². The second kappa shape index (κ2) is 12.6. The number of nitrogens with zero attached hydrogens (tertiary/aromatic N) is 1. The molecular formula is C27H28F6N4O3S2. The minimum absolute atomic E-state index is 0.00239. The molecule has 1 aliphatic rings. The summed E-state index contributed by atoms with van der Waals surface area (Å²) in [5, 5.41) is 11.7. The molecule has 2 heterocycles. The van der Waals surface area contributed by atoms with Crippen molar-refractivity contribution >= 4 is 42.8 Å². The number of piperidine rings is 1. The average molecular weight is 635 g/mol. The molecule has 0 radical (unpaired) electrons. The summed E-state index contributed by atoms with van der Waals surface area (Å²) >= 11 is 1.14. The van der Waals surface area contributed by atoms with Gasteiger partial charge in [-0.1, -0.05) is 24.0 Å². The number of alkyl halides is 6. The molecule has 0 amide bonds. The van der Waals surface area contributed by atoms with Gasteiger partial charge in [-0.2, -0.15) is 26.3 Å². The lowest BCUT2D eigenvalue weighted by molar-refractivity contribution is -0.153. The van der Waals surface area contributed by atoms with E-state index in [0.717, 1.165) is 55.1 Å². The first-order valence-corrected chi connectivity index (χ1v) is 15.1. The Morgan fingerprint density at radius 2 is 1.79 bits per heavy atom. The summed E-state index contributed by atoms with van der Waals surface area (Å²) in [5.74, 6) is 5.08. The number of nitrogens with two attached hydrogens (primary N) is 1. The largest absolute Gasteiger partial charge is 0.482 e. The highest BCUT2D eigenvalue weighted by atomic mass is 32.2. The van der Waals surface area contributed by atoms with Crippen molar-refractivity contribution in [1.82, 2.24) is 4.90 Å². The zero-order chi connectivity index (χ0) is 30.7. The zero-order valence-electron chi connectivity index (χ0n) is 22.3. The smallest absolute Gasteiger partial charge is 0.422 e. The van der Waals surface area contributed by atoms with E-state index in [0.29, 0.717) is 10.1 Å². The number of hydrogen-bond acceptors (Lipinski definition) is 7. The first kappa shape index (κ1) is 31.7. The Morgan fingerprint density at radius 3 is 2.43 bits per heavy atom. The minimum atomic E-state index is -4.69. The average Bonchev–Trinajstić information content (AvgIpc) is 3.22. The molecule has 42 heavy (non-hydrogen) atoms. The number of ether oxygens (including phenoxy) is 1. The van der Waals surface area contributed by atoms with Gasteiger partial charge in [0.25, 0.3) is 0 Å². The maximum absolute atomic E-state index is 13.5. The van der Waals surface area contributed by atoms with Crippen molar-refractivity contribution in [3.8, 4) is 17.6 Å². The van der Waals surface area contributed by atoms with Gasteiger partial charge >= 0.3 is 12.4 Å². The van der Waals surface area contributed by atoms with Crippen LogP contribution in [0.3, 0.4) is 0 Å². The number of hydrogen-bond donors (Lipinski definition) is 3. The number of likely N-dealkylation sites (tertiary alicyclic amines) is 1. The molecule has 1 aliphatic heterocycles. The maximum atomic E-state index is 13.5. The molecule has 1 fully saturated rings. The lowest BCUT2D eigenvalue weighted by atomic mass is 10.0. The van der Waals surface area contributed by atoms with Crippen LogP contribution in [0.2, 0.25) is 0 Å². The summed E-state index contributed by atoms with van der Waals surface area (Å²) in [6.07, 6.45) is -8.54. The van der Waals surface area contributed by atoms with Crippen LogP contribution < -0.4 is 20.5 Å². The van der Waals surface area contributed by atoms with E-state index >= 15 is 0 Å². The van der Waals surface area contributed by atoms with Gasteiger partial charge in [-0.25, -0.2) is 13.6 Å². The van der Waals surface area contributed by atoms with Crippen molar-refractivity contribution < 1.29 is 39.5 Å². The first-order chi connectivity index (χ1) is 19.6. The number of benzene rings is 2. The van der Waals surface area contributed by atoms with Crippen molar-refractivity contribution in [2.45, 2.75) is 42.6 Å². The number of fused-ring (bicyclic) bond motifs is 1. The Morgan fingerprint density at radius 1 is 1.07 bits per heavy atom. The molecule has 2 aromatic carbocycles. The lowest BCUT2D eigenvalue weighted by Gasteiger charge is -2.30. The van der Waals surface area contributed by atoms with Gasteiger partial charge in [-0.05, 0) is 62.1 Å². The second-order valence-electron chi connectivity index (χ2n) is 9.87. The van der Waals surface area contributed by atoms with Crippen molar-refractivity contribution in [3.05, 3.63) is 46.8 Å². The van der Waals surface area contributed by atoms with Crippen LogP contribution in [0.25, 0.3) is 10.1 Å². The second-order valence-corrected chi connectivity index (χ2v) is 12.5. The molecule has 4 N–H and O–H groups in total. The molecule has 228 valence electrons. The van der Waals surface area contributed by atoms with Crippen LogP contribution in [0.5, 0.6) is 5.75 Å². The van der Waals surface area contributed by atoms with Crippen LogP contribution in [0.1, 0.15) is 23.3 Å². The van der Waals surface area contributed by atoms with Gasteiger partial charge in [0.2, 0.25) is 10.0 Å². The number of rotatable bonds is 8. The molecule has 15 heteroatoms. The van der Waals surface area contributed by atoms with Gasteiger partial charge in [-0.15, -0.1) is 11.3 Å². The number of nitrogens with one attached hydrogen (secondary N) is 2. The lowest BCUT2D eigenvalue weighted by Crippen LogP contribution is -2.36. The molecular weight excluding hydrogens is 606 g/mol. The van der Waals surface area contributed by atoms with Gasteiger partial charge in [-0.3, -0.25) is 0 Å². The molecule has 0 aliphatic carbocycles. The number of halogens is 6. The summed E-state index contributed by atoms with van der Waals surface area (Å²) < 4.78 is 108. The molecule has 0 saturated carbocycles. The monoisotopic (exact) mass is 634 g/mol. The first-order valence-electron chi connectivity index (χ1n) is 12.7. The van der Waals surface area contributed by atoms with Crippen LogP contribution in [-0.2, 0) is 16.4 Å². The molecule has 1 aromatic heterocycles. The van der Waals surface area contributed by atoms with Gasteiger partial charge in [0.15, 0.2) is 6.61 Å². The van der Waals surface area contributed by atoms with E-state index in [1.807, 2.05) is 13.1 Å². The van der Waals surface area contributed by atoms with Crippen molar-refractivity contribution in [2.75, 3.05) is 43.9 Å². The van der Waals surface area contributed by atoms with Crippen molar-refractivity contribution in [3.63, 3.8) is 0 Å². The van der Waals surface area contributed by atoms with Crippen LogP contribution in [0.4, 0.5) is 37.7 Å². The topological polar surface area (TPSA) is 96.7 Å². The standard InChI is InChI=1S/C27H28F6N4O3S2/c1-37-12-9-17(10-13-37)36-22-5-2-4-19-20(15-26(28,29)30)24(41-25(19)22)6-3-11-35-21-8-7-18(42(34,38)39)14-23(21)40-16-27(31,32)33/h2,4-5,7-8,14,17,35-36H,9-13,15-16H2,1H3,(H2,34,38,39). The van der Waals surface area contributed by atoms with Crippen LogP contribution >= 0.6 is 11.3 Å². The van der Waals surface area contributed by atoms with Crippen molar-refractivity contribution in [1.29, 1.82) is 0 Å². The highest BCUT2D eigenvalue weighted by Gasteiger charge is 2.32. The van der Waals surface area contributed by atoms with E-state index in [9.17, 15) is 34.8 Å². The molecule has 0 unspecified atom stereocenters. The Bertz CT molecular complexity index is 1590. The molecule has 1 saturated heterocycles. The molecule has 3 aromatic rings. The van der Waals surface area contributed by atoms with Gasteiger partial charge in [0.05, 0.1) is 38.8 Å². The van der Waals surface area contributed by atoms with E-state index in [2.05, 4.69) is 27.4 Å². The Balaban J connectivity index is 1.59. The van der Waals surface area contributed by atoms with Crippen LogP contribution in [0, 0.1) is 11.8 Å². The quantitative estimate of drug-likeness (QED) is 0.222. The normalized spacial score (nSPS) is 15.3. The van der Waals surface area contributed by atoms with Crippen LogP contribution in [0.15, 0.2) is 41.3 Å². The Kier molecular flexibility index (Phi) is 9.51. The fourth-order valence-electron chi connectivity index (χ4n) is 4.50. The zero-order valence-corrected chi connectivity index (χ0v) is 24.0. The summed E-state index contributed by atoms with van der Waals surface area (Å²) in [4.78, 5) is 1.98. The highest BCUT2D eigenvalue weighted by molar-refractivity contribution is 7.89. The fraction of sp³-hybridized carbons (Fsp3) is 0.407. The SMILES string of the molecule is CN1CCC(Nc2cccc3c(CC(F)(F)F)c(C#CCNc4ccc(S(N)(=O)=O)cc4OCC(F)(F)F)sc23)CC1. The number of anilines is 2. The predicted molar refractivity (Wildman–Crippen MR) is 150 cm³/mol. The summed E-state index contributed by atoms with van der Waals surface area (Å²) in [7, 11) is -2.18. The van der Waals surface area contributed by atoms with Crippen molar-refractivity contribution in [2.24, 2.45) is 5.14 Å². The summed E-state index contributed by atoms with van der Waals surface area (Å²) in [6, 6.07) is 8.46. The van der Waals surface area contributed by atoms with Gasteiger partial charge in [0.1, 0.15) is 5.75 Å². The Labute approximate surface area is 243 Å². The van der Waals surface area contributed by atoms with E-state index in [-0.39, 0.29) is 28.7 Å². The molecule has 4 rings (SSSR count). The summed E-state index contributed by atoms with van der Waals surface area (Å²) in [6.45, 7) is -0.0425. The minimum Gasteiger partial charge on any atom is -0.482 e. The molecule has 7 nitrogen and oxygen atoms in total. The fourth-order valence-corrected chi connectivity index (χ4v) is 6.20. The third-order valence-corrected chi connectivity index (χ3v) is 8.62. The predicted octanol–water partition coefficient (Wildman–Crippen LogP) is 5.56. The van der Waals surface area contributed by atoms with Gasteiger partial charge in [0, 0.05) is 12.1 Å². The van der Waals surface area contributed by atoms with E-state index < -0.39 is 46.0 Å². The van der Waals surface area contributed by atoms with Crippen LogP contribution in [-0.4, -0.2) is 65.0 Å². The Hall–Kier alpha value is -3.19. The molecule has 0 atom stereocenters. The number of sulfonamides is 1. The maximum Gasteiger partial charge on any atom is 0.422 e. The third kappa shape index (κ3) is 8.66. The highest BCUT2D eigenvalue weighted by Crippen LogP contribution is 2.39. The van der Waals surface area contributed by atoms with Gasteiger partial charge < -0.3 is 20.3 Å². The molecule has 0 spiro atoms. The third-order valence-electron chi connectivity index (χ3n) is 6.52. The number of primary sulfonamides is 1. The number of thiophene rings is 1. The molecule has 0 bridgehead atoms. The van der Waals surface area contributed by atoms with E-state index in [4.69, 9.17) is 9.88 Å². The van der Waals surface area contributed by atoms with E-state index in [1.54, 1.807) is 12.1 Å².